The average molecular weight is 472 g/mol. The standard InChI is InChI=1S/C23H26FN5O3S/c1-5-29-21(15(3)25-22(31)16-8-6-7-9-17(16)24)27-28-23(29)33-13-20(30)26-18-12-14(2)10-11-19(18)32-4/h6-12,15H,5,13H2,1-4H3,(H,25,31)(H,26,30)/t15-/m1/s1. The van der Waals surface area contributed by atoms with Crippen molar-refractivity contribution < 1.29 is 18.7 Å². The molecule has 2 N–H and O–H groups in total. The van der Waals surface area contributed by atoms with E-state index in [0.717, 1.165) is 5.56 Å². The van der Waals surface area contributed by atoms with Gasteiger partial charge in [-0.05, 0) is 50.6 Å². The Morgan fingerprint density at radius 3 is 2.67 bits per heavy atom. The highest BCUT2D eigenvalue weighted by Gasteiger charge is 2.21. The molecule has 2 aromatic carbocycles. The van der Waals surface area contributed by atoms with Crippen molar-refractivity contribution in [1.82, 2.24) is 20.1 Å². The second kappa shape index (κ2) is 11.0. The number of aryl methyl sites for hydroxylation is 1. The molecule has 8 nitrogen and oxygen atoms in total. The van der Waals surface area contributed by atoms with Crippen LogP contribution >= 0.6 is 11.8 Å². The fourth-order valence-electron chi connectivity index (χ4n) is 3.24. The quantitative estimate of drug-likeness (QED) is 0.458. The summed E-state index contributed by atoms with van der Waals surface area (Å²) in [5.41, 5.74) is 1.57. The summed E-state index contributed by atoms with van der Waals surface area (Å²) in [6, 6.07) is 10.8. The number of anilines is 1. The number of nitrogens with zero attached hydrogens (tertiary/aromatic N) is 3. The molecule has 1 heterocycles. The number of carbonyl (C=O) groups is 2. The minimum atomic E-state index is -0.591. The molecule has 0 fully saturated rings. The average Bonchev–Trinajstić information content (AvgIpc) is 3.21. The highest BCUT2D eigenvalue weighted by molar-refractivity contribution is 7.99. The monoisotopic (exact) mass is 471 g/mol. The van der Waals surface area contributed by atoms with Crippen LogP contribution in [0.5, 0.6) is 5.75 Å². The first-order chi connectivity index (χ1) is 15.8. The van der Waals surface area contributed by atoms with E-state index in [4.69, 9.17) is 4.74 Å². The summed E-state index contributed by atoms with van der Waals surface area (Å²) in [6.07, 6.45) is 0. The molecule has 0 bridgehead atoms. The molecule has 1 atom stereocenters. The van der Waals surface area contributed by atoms with Gasteiger partial charge in [0, 0.05) is 6.54 Å². The number of rotatable bonds is 9. The number of ether oxygens (including phenoxy) is 1. The van der Waals surface area contributed by atoms with Crippen molar-refractivity contribution in [1.29, 1.82) is 0 Å². The third-order valence-corrected chi connectivity index (χ3v) is 5.84. The van der Waals surface area contributed by atoms with Crippen molar-refractivity contribution in [2.24, 2.45) is 0 Å². The number of hydrogen-bond donors (Lipinski definition) is 2. The normalized spacial score (nSPS) is 11.7. The van der Waals surface area contributed by atoms with Gasteiger partial charge in [0.25, 0.3) is 5.91 Å². The first kappa shape index (κ1) is 24.2. The Balaban J connectivity index is 1.65. The van der Waals surface area contributed by atoms with Crippen LogP contribution in [0.3, 0.4) is 0 Å². The lowest BCUT2D eigenvalue weighted by molar-refractivity contribution is -0.113. The summed E-state index contributed by atoms with van der Waals surface area (Å²) in [5, 5.41) is 14.5. The summed E-state index contributed by atoms with van der Waals surface area (Å²) < 4.78 is 21.0. The van der Waals surface area contributed by atoms with E-state index in [1.807, 2.05) is 30.5 Å². The van der Waals surface area contributed by atoms with Crippen LogP contribution in [-0.2, 0) is 11.3 Å². The van der Waals surface area contributed by atoms with Gasteiger partial charge in [-0.25, -0.2) is 4.39 Å². The van der Waals surface area contributed by atoms with Crippen LogP contribution < -0.4 is 15.4 Å². The molecule has 2 amide bonds. The van der Waals surface area contributed by atoms with Crippen LogP contribution in [0.4, 0.5) is 10.1 Å². The Bertz CT molecular complexity index is 1150. The Morgan fingerprint density at radius 2 is 1.97 bits per heavy atom. The second-order valence-electron chi connectivity index (χ2n) is 7.30. The molecule has 33 heavy (non-hydrogen) atoms. The van der Waals surface area contributed by atoms with E-state index in [-0.39, 0.29) is 17.2 Å². The van der Waals surface area contributed by atoms with Crippen molar-refractivity contribution in [3.63, 3.8) is 0 Å². The maximum atomic E-state index is 13.9. The smallest absolute Gasteiger partial charge is 0.254 e. The van der Waals surface area contributed by atoms with Crippen LogP contribution in [-0.4, -0.2) is 39.4 Å². The zero-order chi connectivity index (χ0) is 24.0. The van der Waals surface area contributed by atoms with E-state index in [1.54, 1.807) is 26.2 Å². The molecule has 0 radical (unpaired) electrons. The van der Waals surface area contributed by atoms with Crippen LogP contribution in [0.15, 0.2) is 47.6 Å². The molecule has 0 unspecified atom stereocenters. The molecule has 0 aliphatic carbocycles. The van der Waals surface area contributed by atoms with Crippen LogP contribution in [0.25, 0.3) is 0 Å². The SMILES string of the molecule is CCn1c(SCC(=O)Nc2cc(C)ccc2OC)nnc1[C@@H](C)NC(=O)c1ccccc1F. The molecular formula is C23H26FN5O3S. The number of carbonyl (C=O) groups excluding carboxylic acids is 2. The highest BCUT2D eigenvalue weighted by atomic mass is 32.2. The molecule has 1 aromatic heterocycles. The summed E-state index contributed by atoms with van der Waals surface area (Å²) in [7, 11) is 1.55. The maximum Gasteiger partial charge on any atom is 0.254 e. The molecule has 174 valence electrons. The molecule has 3 aromatic rings. The summed E-state index contributed by atoms with van der Waals surface area (Å²) in [5.74, 6) is -0.121. The number of aromatic nitrogens is 3. The number of halogens is 1. The summed E-state index contributed by atoms with van der Waals surface area (Å²) in [6.45, 7) is 6.14. The molecule has 0 spiro atoms. The molecule has 10 heteroatoms. The lowest BCUT2D eigenvalue weighted by atomic mass is 10.2. The zero-order valence-electron chi connectivity index (χ0n) is 18.9. The molecule has 0 saturated carbocycles. The fraction of sp³-hybridized carbons (Fsp3) is 0.304. The third kappa shape index (κ3) is 5.89. The van der Waals surface area contributed by atoms with E-state index in [9.17, 15) is 14.0 Å². The van der Waals surface area contributed by atoms with Crippen LogP contribution in [0.1, 0.15) is 41.6 Å². The number of hydrogen-bond acceptors (Lipinski definition) is 6. The second-order valence-corrected chi connectivity index (χ2v) is 8.24. The number of benzene rings is 2. The zero-order valence-corrected chi connectivity index (χ0v) is 19.7. The number of nitrogens with one attached hydrogen (secondary N) is 2. The van der Waals surface area contributed by atoms with Crippen LogP contribution in [0, 0.1) is 12.7 Å². The van der Waals surface area contributed by atoms with E-state index in [1.165, 1.54) is 30.0 Å². The van der Waals surface area contributed by atoms with Crippen LogP contribution in [0.2, 0.25) is 0 Å². The van der Waals surface area contributed by atoms with Crippen molar-refractivity contribution in [2.45, 2.75) is 38.5 Å². The first-order valence-electron chi connectivity index (χ1n) is 10.4. The van der Waals surface area contributed by atoms with Gasteiger partial charge in [-0.15, -0.1) is 10.2 Å². The largest absolute Gasteiger partial charge is 0.495 e. The van der Waals surface area contributed by atoms with Gasteiger partial charge in [-0.2, -0.15) is 0 Å². The van der Waals surface area contributed by atoms with Gasteiger partial charge in [-0.1, -0.05) is 30.0 Å². The fourth-order valence-corrected chi connectivity index (χ4v) is 4.05. The lowest BCUT2D eigenvalue weighted by Crippen LogP contribution is -2.29. The van der Waals surface area contributed by atoms with Gasteiger partial charge in [-0.3, -0.25) is 9.59 Å². The van der Waals surface area contributed by atoms with Gasteiger partial charge in [0.2, 0.25) is 5.91 Å². The summed E-state index contributed by atoms with van der Waals surface area (Å²) in [4.78, 5) is 24.9. The van der Waals surface area contributed by atoms with E-state index < -0.39 is 17.8 Å². The van der Waals surface area contributed by atoms with Gasteiger partial charge in [0.15, 0.2) is 11.0 Å². The number of thioether (sulfide) groups is 1. The van der Waals surface area contributed by atoms with E-state index in [2.05, 4.69) is 20.8 Å². The maximum absolute atomic E-state index is 13.9. The molecular weight excluding hydrogens is 445 g/mol. The molecule has 0 saturated heterocycles. The molecule has 3 rings (SSSR count). The van der Waals surface area contributed by atoms with Crippen molar-refractivity contribution in [3.05, 3.63) is 65.2 Å². The number of amides is 2. The third-order valence-electron chi connectivity index (χ3n) is 4.88. The Hall–Kier alpha value is -3.40. The number of methoxy groups -OCH3 is 1. The predicted octanol–water partition coefficient (Wildman–Crippen LogP) is 3.98. The minimum Gasteiger partial charge on any atom is -0.495 e. The van der Waals surface area contributed by atoms with Gasteiger partial charge >= 0.3 is 0 Å². The summed E-state index contributed by atoms with van der Waals surface area (Å²) >= 11 is 1.24. The van der Waals surface area contributed by atoms with Gasteiger partial charge in [0.05, 0.1) is 30.2 Å². The Morgan fingerprint density at radius 1 is 1.21 bits per heavy atom. The minimum absolute atomic E-state index is 0.0373. The highest BCUT2D eigenvalue weighted by Crippen LogP contribution is 2.26. The van der Waals surface area contributed by atoms with E-state index in [0.29, 0.717) is 29.0 Å². The molecule has 0 aliphatic heterocycles. The van der Waals surface area contributed by atoms with Crippen molar-refractivity contribution in [3.8, 4) is 5.75 Å². The van der Waals surface area contributed by atoms with Gasteiger partial charge < -0.3 is 19.9 Å². The lowest BCUT2D eigenvalue weighted by Gasteiger charge is -2.15. The topological polar surface area (TPSA) is 98.1 Å². The Labute approximate surface area is 195 Å². The first-order valence-corrected chi connectivity index (χ1v) is 11.4. The van der Waals surface area contributed by atoms with Gasteiger partial charge in [0.1, 0.15) is 11.6 Å². The molecule has 0 aliphatic rings. The van der Waals surface area contributed by atoms with Crippen molar-refractivity contribution >= 4 is 29.3 Å². The Kier molecular flexibility index (Phi) is 8.05. The van der Waals surface area contributed by atoms with E-state index >= 15 is 0 Å². The predicted molar refractivity (Wildman–Crippen MR) is 125 cm³/mol. The van der Waals surface area contributed by atoms with Crippen molar-refractivity contribution in [2.75, 3.05) is 18.2 Å².